The van der Waals surface area contributed by atoms with Crippen LogP contribution in [0.5, 0.6) is 0 Å². The van der Waals surface area contributed by atoms with E-state index in [1.165, 1.54) is 50.3 Å². The molecular formula is C20H25N3OS. The first-order chi connectivity index (χ1) is 12.3. The van der Waals surface area contributed by atoms with Crippen LogP contribution in [-0.2, 0) is 0 Å². The lowest BCUT2D eigenvalue weighted by Crippen LogP contribution is -2.47. The summed E-state index contributed by atoms with van der Waals surface area (Å²) >= 11 is 1.46. The van der Waals surface area contributed by atoms with E-state index < -0.39 is 0 Å². The second kappa shape index (κ2) is 6.36. The van der Waals surface area contributed by atoms with E-state index in [4.69, 9.17) is 0 Å². The molecule has 0 unspecified atom stereocenters. The number of anilines is 1. The molecule has 4 aliphatic rings. The highest BCUT2D eigenvalue weighted by molar-refractivity contribution is 7.13. The summed E-state index contributed by atoms with van der Waals surface area (Å²) in [5, 5.41) is 4.55. The molecule has 0 amide bonds. The van der Waals surface area contributed by atoms with E-state index in [-0.39, 0.29) is 5.78 Å². The predicted molar refractivity (Wildman–Crippen MR) is 102 cm³/mol. The number of nitrogens with one attached hydrogen (secondary N) is 1. The van der Waals surface area contributed by atoms with Crippen molar-refractivity contribution in [1.82, 2.24) is 9.27 Å². The summed E-state index contributed by atoms with van der Waals surface area (Å²) in [6, 6.07) is 6.34. The van der Waals surface area contributed by atoms with E-state index in [1.807, 2.05) is 0 Å². The third kappa shape index (κ3) is 3.20. The molecule has 2 aromatic rings. The fourth-order valence-electron chi connectivity index (χ4n) is 4.49. The molecule has 0 radical (unpaired) electrons. The van der Waals surface area contributed by atoms with Gasteiger partial charge in [-0.15, -0.1) is 0 Å². The smallest absolute Gasteiger partial charge is 0.183 e. The van der Waals surface area contributed by atoms with Gasteiger partial charge >= 0.3 is 0 Å². The van der Waals surface area contributed by atoms with Gasteiger partial charge in [-0.1, -0.05) is 0 Å². The topological polar surface area (TPSA) is 45.2 Å². The molecule has 3 saturated heterocycles. The average Bonchev–Trinajstić information content (AvgIpc) is 3.38. The number of carbonyl (C=O) groups excluding carboxylic acids is 1. The Kier molecular flexibility index (Phi) is 4.01. The van der Waals surface area contributed by atoms with Gasteiger partial charge in [0.2, 0.25) is 0 Å². The highest BCUT2D eigenvalue weighted by Crippen LogP contribution is 2.36. The minimum absolute atomic E-state index is 0.240. The normalized spacial score (nSPS) is 28.4. The van der Waals surface area contributed by atoms with Crippen LogP contribution in [0.4, 0.5) is 5.69 Å². The quantitative estimate of drug-likeness (QED) is 0.795. The molecule has 1 saturated carbocycles. The first-order valence-electron chi connectivity index (χ1n) is 9.65. The number of benzene rings is 1. The zero-order valence-electron chi connectivity index (χ0n) is 14.5. The molecule has 25 heavy (non-hydrogen) atoms. The first kappa shape index (κ1) is 15.8. The second-order valence-electron chi connectivity index (χ2n) is 8.09. The van der Waals surface area contributed by atoms with Gasteiger partial charge < -0.3 is 10.2 Å². The monoisotopic (exact) mass is 355 g/mol. The van der Waals surface area contributed by atoms with Crippen molar-refractivity contribution in [3.63, 3.8) is 0 Å². The Balaban J connectivity index is 1.30. The number of carbonyl (C=O) groups is 1. The Bertz CT molecular complexity index is 789. The van der Waals surface area contributed by atoms with Crippen molar-refractivity contribution in [3.05, 3.63) is 23.9 Å². The van der Waals surface area contributed by atoms with Crippen molar-refractivity contribution in [2.75, 3.05) is 31.5 Å². The van der Waals surface area contributed by atoms with Gasteiger partial charge in [-0.05, 0) is 86.3 Å². The summed E-state index contributed by atoms with van der Waals surface area (Å²) in [6.07, 6.45) is 5.92. The molecule has 1 atom stereocenters. The molecule has 132 valence electrons. The molecule has 4 fully saturated rings. The van der Waals surface area contributed by atoms with Gasteiger partial charge in [-0.2, -0.15) is 4.37 Å². The average molecular weight is 356 g/mol. The molecule has 4 heterocycles. The molecule has 3 aliphatic heterocycles. The lowest BCUT2D eigenvalue weighted by molar-refractivity contribution is 0.0440. The summed E-state index contributed by atoms with van der Waals surface area (Å²) in [6.45, 7) is 4.63. The number of hydrogen-bond acceptors (Lipinski definition) is 5. The van der Waals surface area contributed by atoms with Crippen LogP contribution in [0.2, 0.25) is 0 Å². The number of hydrogen-bond donors (Lipinski definition) is 1. The highest BCUT2D eigenvalue weighted by Gasteiger charge is 2.35. The van der Waals surface area contributed by atoms with Gasteiger partial charge in [-0.3, -0.25) is 4.79 Å². The minimum atomic E-state index is 0.240. The van der Waals surface area contributed by atoms with Crippen LogP contribution in [-0.4, -0.2) is 41.2 Å². The molecule has 1 aromatic carbocycles. The van der Waals surface area contributed by atoms with Crippen LogP contribution in [0.25, 0.3) is 10.1 Å². The van der Waals surface area contributed by atoms with Gasteiger partial charge in [0.1, 0.15) is 5.69 Å². The van der Waals surface area contributed by atoms with Crippen molar-refractivity contribution in [3.8, 4) is 0 Å². The van der Waals surface area contributed by atoms with Crippen molar-refractivity contribution >= 4 is 33.1 Å². The van der Waals surface area contributed by atoms with Crippen molar-refractivity contribution < 1.29 is 4.79 Å². The summed E-state index contributed by atoms with van der Waals surface area (Å²) in [7, 11) is 0. The van der Waals surface area contributed by atoms with E-state index in [2.05, 4.69) is 32.8 Å². The van der Waals surface area contributed by atoms with Crippen LogP contribution in [0.3, 0.4) is 0 Å². The Morgan fingerprint density at radius 2 is 2.08 bits per heavy atom. The number of fused-ring (bicyclic) bond motifs is 4. The van der Waals surface area contributed by atoms with Crippen molar-refractivity contribution in [2.45, 2.75) is 32.1 Å². The summed E-state index contributed by atoms with van der Waals surface area (Å²) in [4.78, 5) is 15.4. The van der Waals surface area contributed by atoms with Gasteiger partial charge in [0.25, 0.3) is 0 Å². The molecule has 6 rings (SSSR count). The van der Waals surface area contributed by atoms with E-state index in [0.29, 0.717) is 18.0 Å². The fraction of sp³-hybridized carbons (Fsp3) is 0.600. The number of nitrogens with zero attached hydrogens (tertiary/aromatic N) is 2. The Hall–Kier alpha value is -1.46. The van der Waals surface area contributed by atoms with Crippen molar-refractivity contribution in [2.24, 2.45) is 17.8 Å². The maximum Gasteiger partial charge on any atom is 0.183 e. The molecule has 2 bridgehead atoms. The van der Waals surface area contributed by atoms with E-state index in [9.17, 15) is 4.79 Å². The van der Waals surface area contributed by atoms with E-state index in [1.54, 1.807) is 0 Å². The van der Waals surface area contributed by atoms with E-state index >= 15 is 0 Å². The minimum Gasteiger partial charge on any atom is -0.385 e. The largest absolute Gasteiger partial charge is 0.385 e. The Morgan fingerprint density at radius 1 is 1.24 bits per heavy atom. The zero-order valence-corrected chi connectivity index (χ0v) is 15.4. The molecule has 0 spiro atoms. The second-order valence-corrected chi connectivity index (χ2v) is 8.90. The zero-order chi connectivity index (χ0) is 16.8. The molecular weight excluding hydrogens is 330 g/mol. The summed E-state index contributed by atoms with van der Waals surface area (Å²) in [5.41, 5.74) is 1.85. The fourth-order valence-corrected chi connectivity index (χ4v) is 5.32. The van der Waals surface area contributed by atoms with Crippen molar-refractivity contribution in [1.29, 1.82) is 0 Å². The first-order valence-corrected chi connectivity index (χ1v) is 10.4. The predicted octanol–water partition coefficient (Wildman–Crippen LogP) is 4.03. The number of piperidine rings is 3. The maximum atomic E-state index is 12.9. The third-order valence-corrected chi connectivity index (χ3v) is 7.08. The van der Waals surface area contributed by atoms with Crippen LogP contribution in [0, 0.1) is 17.8 Å². The molecule has 1 aliphatic carbocycles. The molecule has 5 heteroatoms. The van der Waals surface area contributed by atoms with Gasteiger partial charge in [0, 0.05) is 30.6 Å². The standard InChI is InChI=1S/C20H25N3OS/c24-18(9-15-12-23-7-5-14(15)6-8-23)20-17-4-3-16(10-19(17)25-22-20)21-11-13-1-2-13/h3-4,10,13-15,21H,1-2,5-9,11-12H2/t15-/m1/s1. The van der Waals surface area contributed by atoms with Crippen LogP contribution in [0.15, 0.2) is 18.2 Å². The van der Waals surface area contributed by atoms with Crippen LogP contribution < -0.4 is 5.32 Å². The highest BCUT2D eigenvalue weighted by atomic mass is 32.1. The number of ketones is 1. The lowest BCUT2D eigenvalue weighted by atomic mass is 9.76. The molecule has 1 N–H and O–H groups in total. The van der Waals surface area contributed by atoms with Gasteiger partial charge in [0.05, 0.1) is 4.70 Å². The molecule has 4 nitrogen and oxygen atoms in total. The SMILES string of the molecule is O=C(C[C@@H]1CN2CCC1CC2)c1nsc2cc(NCC3CC3)ccc12. The Morgan fingerprint density at radius 3 is 2.80 bits per heavy atom. The Labute approximate surface area is 152 Å². The maximum absolute atomic E-state index is 12.9. The number of Topliss-reactive ketones (excluding diaryl/α,β-unsaturated/α-hetero) is 1. The number of aromatic nitrogens is 1. The van der Waals surface area contributed by atoms with Crippen LogP contribution >= 0.6 is 11.5 Å². The van der Waals surface area contributed by atoms with Crippen LogP contribution in [0.1, 0.15) is 42.6 Å². The summed E-state index contributed by atoms with van der Waals surface area (Å²) in [5.74, 6) is 2.38. The number of rotatable bonds is 6. The van der Waals surface area contributed by atoms with Gasteiger partial charge in [0.15, 0.2) is 5.78 Å². The summed E-state index contributed by atoms with van der Waals surface area (Å²) < 4.78 is 5.65. The van der Waals surface area contributed by atoms with E-state index in [0.717, 1.165) is 40.7 Å². The molecule has 1 aromatic heterocycles. The third-order valence-electron chi connectivity index (χ3n) is 6.27. The lowest BCUT2D eigenvalue weighted by Gasteiger charge is -2.44. The van der Waals surface area contributed by atoms with Gasteiger partial charge in [-0.25, -0.2) is 0 Å².